The molecule has 254 valence electrons. The Hall–Kier alpha value is -5.73. The predicted molar refractivity (Wildman–Crippen MR) is 176 cm³/mol. The van der Waals surface area contributed by atoms with Crippen molar-refractivity contribution in [3.63, 3.8) is 0 Å². The Labute approximate surface area is 277 Å². The second-order valence-corrected chi connectivity index (χ2v) is 8.58. The molecule has 0 amide bonds. The van der Waals surface area contributed by atoms with Crippen LogP contribution in [0, 0.1) is 88.8 Å². The number of benzene rings is 1. The third-order valence-electron chi connectivity index (χ3n) is 3.90. The van der Waals surface area contributed by atoms with E-state index in [1.165, 1.54) is 5.64 Å². The van der Waals surface area contributed by atoms with Gasteiger partial charge in [0.15, 0.2) is 0 Å². The first-order valence-corrected chi connectivity index (χ1v) is 12.7. The highest BCUT2D eigenvalue weighted by molar-refractivity contribution is 5.84. The lowest BCUT2D eigenvalue weighted by Crippen LogP contribution is -2.31. The SMILES string of the molecule is CC#CC#CC#CC#CC#CC#CC#CC.CC(C)(C)OC(=O)[C@@H](CC(=O)O)CC(=O)OCc1ccccc1.OOONOOO.[HH].[HH].[HH].[HH].[HH].[HH].[HH]. The van der Waals surface area contributed by atoms with E-state index >= 15 is 0 Å². The number of rotatable bonds is 11. The molecule has 13 heteroatoms. The van der Waals surface area contributed by atoms with Crippen molar-refractivity contribution in [1.29, 1.82) is 0 Å². The van der Waals surface area contributed by atoms with Gasteiger partial charge in [0.05, 0.1) is 18.8 Å². The molecular formula is C33H45NO12. The van der Waals surface area contributed by atoms with Gasteiger partial charge in [0.25, 0.3) is 0 Å². The number of nitrogens with one attached hydrogen (secondary N) is 1. The molecular weight excluding hydrogens is 602 g/mol. The van der Waals surface area contributed by atoms with Crippen molar-refractivity contribution in [2.45, 2.75) is 59.7 Å². The average Bonchev–Trinajstić information content (AvgIpc) is 3.01. The van der Waals surface area contributed by atoms with Crippen molar-refractivity contribution in [1.82, 2.24) is 5.64 Å². The molecule has 46 heavy (non-hydrogen) atoms. The molecule has 0 saturated heterocycles. The van der Waals surface area contributed by atoms with Gasteiger partial charge in [-0.05, 0) is 127 Å². The normalized spacial score (nSPS) is 8.93. The molecule has 0 aliphatic heterocycles. The lowest BCUT2D eigenvalue weighted by Gasteiger charge is -2.23. The molecule has 0 aliphatic rings. The fourth-order valence-electron chi connectivity index (χ4n) is 2.31. The summed E-state index contributed by atoms with van der Waals surface area (Å²) in [4.78, 5) is 41.5. The number of carbonyl (C=O) groups is 3. The largest absolute Gasteiger partial charge is 0.481 e. The van der Waals surface area contributed by atoms with Crippen LogP contribution in [0.3, 0.4) is 0 Å². The fourth-order valence-corrected chi connectivity index (χ4v) is 2.31. The third-order valence-corrected chi connectivity index (χ3v) is 3.90. The van der Waals surface area contributed by atoms with Gasteiger partial charge < -0.3 is 14.6 Å². The van der Waals surface area contributed by atoms with Crippen molar-refractivity contribution < 1.29 is 69.5 Å². The molecule has 0 aromatic heterocycles. The van der Waals surface area contributed by atoms with Crippen LogP contribution in [0.5, 0.6) is 0 Å². The van der Waals surface area contributed by atoms with E-state index in [0.29, 0.717) is 0 Å². The summed E-state index contributed by atoms with van der Waals surface area (Å²) in [6.07, 6.45) is -0.802. The molecule has 1 aromatic carbocycles. The van der Waals surface area contributed by atoms with Crippen LogP contribution in [-0.2, 0) is 50.5 Å². The Kier molecular flexibility index (Phi) is 27.1. The zero-order chi connectivity index (χ0) is 34.9. The smallest absolute Gasteiger partial charge is 0.310 e. The van der Waals surface area contributed by atoms with E-state index in [4.69, 9.17) is 25.1 Å². The number of ether oxygens (including phenoxy) is 2. The molecule has 0 spiro atoms. The van der Waals surface area contributed by atoms with Gasteiger partial charge in [0.1, 0.15) is 12.2 Å². The minimum Gasteiger partial charge on any atom is -0.481 e. The standard InChI is InChI=1S/C17H22O6.C16H6.H3NO6.7H2/c1-17(2,3)23-16(21)13(9-14(18)19)10-15(20)22-11-12-7-5-4-6-8-12;1-3-5-7-9-11-13-15-16-14-12-10-8-6-4-2;2-6-4-1-5-7-3;;;;;;;/h4-8,13H,9-11H2,1-3H3,(H,18,19);1-2H3;1-3H;7*1H/t13-;;;;;;;;;/m0........./s1. The molecule has 0 radical (unpaired) electrons. The Morgan fingerprint density at radius 2 is 1.20 bits per heavy atom. The number of carboxylic acids is 1. The molecule has 4 N–H and O–H groups in total. The van der Waals surface area contributed by atoms with Gasteiger partial charge >= 0.3 is 17.9 Å². The first-order valence-electron chi connectivity index (χ1n) is 12.7. The van der Waals surface area contributed by atoms with E-state index in [2.05, 4.69) is 103 Å². The first-order chi connectivity index (χ1) is 22.0. The van der Waals surface area contributed by atoms with Crippen molar-refractivity contribution in [2.24, 2.45) is 5.92 Å². The van der Waals surface area contributed by atoms with Crippen LogP contribution in [0.15, 0.2) is 30.3 Å². The summed E-state index contributed by atoms with van der Waals surface area (Å²) in [5, 5.41) is 29.3. The summed E-state index contributed by atoms with van der Waals surface area (Å²) < 4.78 is 10.2. The van der Waals surface area contributed by atoms with E-state index in [0.717, 1.165) is 5.56 Å². The zero-order valence-corrected chi connectivity index (χ0v) is 25.6. The Morgan fingerprint density at radius 3 is 1.57 bits per heavy atom. The highest BCUT2D eigenvalue weighted by atomic mass is 17.6. The van der Waals surface area contributed by atoms with Gasteiger partial charge in [0, 0.05) is 9.99 Å². The average molecular weight is 648 g/mol. The monoisotopic (exact) mass is 647 g/mol. The summed E-state index contributed by atoms with van der Waals surface area (Å²) in [6, 6.07) is 9.08. The summed E-state index contributed by atoms with van der Waals surface area (Å²) >= 11 is 0. The maximum Gasteiger partial charge on any atom is 0.310 e. The molecule has 0 saturated carbocycles. The lowest BCUT2D eigenvalue weighted by atomic mass is 10.0. The molecule has 0 bridgehead atoms. The number of hydrogen-bond acceptors (Lipinski definition) is 12. The fraction of sp³-hybridized carbons (Fsp3) is 0.303. The topological polar surface area (TPSA) is 179 Å². The van der Waals surface area contributed by atoms with Crippen LogP contribution in [0.2, 0.25) is 0 Å². The van der Waals surface area contributed by atoms with Crippen LogP contribution in [0.1, 0.15) is 63.0 Å². The molecule has 0 fully saturated rings. The Balaban J connectivity index is -0.0000000819. The van der Waals surface area contributed by atoms with E-state index in [-0.39, 0.29) is 23.0 Å². The summed E-state index contributed by atoms with van der Waals surface area (Å²) in [7, 11) is 0. The highest BCUT2D eigenvalue weighted by Crippen LogP contribution is 2.18. The maximum absolute atomic E-state index is 12.0. The molecule has 0 aliphatic carbocycles. The molecule has 13 nitrogen and oxygen atoms in total. The quantitative estimate of drug-likeness (QED) is 0.0863. The number of esters is 2. The van der Waals surface area contributed by atoms with Crippen molar-refractivity contribution >= 4 is 17.9 Å². The maximum atomic E-state index is 12.0. The first kappa shape index (κ1) is 42.4. The minimum absolute atomic E-state index is 0. The van der Waals surface area contributed by atoms with Crippen LogP contribution >= 0.6 is 0 Å². The van der Waals surface area contributed by atoms with Crippen LogP contribution in [-0.4, -0.2) is 39.1 Å². The van der Waals surface area contributed by atoms with Gasteiger partial charge in [-0.15, -0.1) is 0 Å². The molecule has 0 heterocycles. The predicted octanol–water partition coefficient (Wildman–Crippen LogP) is 4.57. The lowest BCUT2D eigenvalue weighted by molar-refractivity contribution is -0.619. The molecule has 1 rings (SSSR count). The van der Waals surface area contributed by atoms with E-state index in [1.54, 1.807) is 46.8 Å². The zero-order valence-electron chi connectivity index (χ0n) is 25.6. The van der Waals surface area contributed by atoms with Gasteiger partial charge in [-0.2, -0.15) is 0 Å². The van der Waals surface area contributed by atoms with E-state index in [1.807, 2.05) is 18.2 Å². The van der Waals surface area contributed by atoms with Crippen molar-refractivity contribution in [3.05, 3.63) is 35.9 Å². The van der Waals surface area contributed by atoms with Gasteiger partial charge in [-0.1, -0.05) is 52.1 Å². The summed E-state index contributed by atoms with van der Waals surface area (Å²) in [6.45, 7) is 8.53. The summed E-state index contributed by atoms with van der Waals surface area (Å²) in [5.74, 6) is 32.0. The summed E-state index contributed by atoms with van der Waals surface area (Å²) in [5.41, 5.74) is 1.40. The number of carbonyl (C=O) groups excluding carboxylic acids is 2. The van der Waals surface area contributed by atoms with Crippen LogP contribution in [0.4, 0.5) is 0 Å². The Morgan fingerprint density at radius 1 is 0.761 bits per heavy atom. The van der Waals surface area contributed by atoms with Gasteiger partial charge in [0.2, 0.25) is 0 Å². The molecule has 1 aromatic rings. The second-order valence-electron chi connectivity index (χ2n) is 8.58. The van der Waals surface area contributed by atoms with Crippen molar-refractivity contribution in [2.75, 3.05) is 0 Å². The van der Waals surface area contributed by atoms with E-state index in [9.17, 15) is 14.4 Å². The van der Waals surface area contributed by atoms with Gasteiger partial charge in [-0.3, -0.25) is 14.4 Å². The number of aliphatic carboxylic acids is 1. The van der Waals surface area contributed by atoms with Crippen molar-refractivity contribution in [3.8, 4) is 82.9 Å². The highest BCUT2D eigenvalue weighted by Gasteiger charge is 2.30. The molecule has 1 atom stereocenters. The minimum atomic E-state index is -1.17. The van der Waals surface area contributed by atoms with Gasteiger partial charge in [-0.25, -0.2) is 10.5 Å². The second kappa shape index (κ2) is 29.3. The van der Waals surface area contributed by atoms with E-state index < -0.39 is 35.8 Å². The number of hydrogen-bond donors (Lipinski definition) is 4. The number of carboxylic acid groups (broad SMARTS) is 1. The van der Waals surface area contributed by atoms with Crippen LogP contribution in [0.25, 0.3) is 0 Å². The Bertz CT molecular complexity index is 1500. The van der Waals surface area contributed by atoms with Crippen LogP contribution < -0.4 is 5.64 Å². The third kappa shape index (κ3) is 31.2. The molecule has 0 unspecified atom stereocenters.